The molecule has 14 nitrogen and oxygen atoms in total. The van der Waals surface area contributed by atoms with Gasteiger partial charge in [-0.3, -0.25) is 8.80 Å². The Bertz CT molecular complexity index is 2420. The Kier molecular flexibility index (Phi) is 10.2. The van der Waals surface area contributed by atoms with Crippen molar-refractivity contribution in [2.24, 2.45) is 0 Å². The highest BCUT2D eigenvalue weighted by molar-refractivity contribution is 14.1. The number of anilines is 2. The van der Waals surface area contributed by atoms with E-state index in [1.807, 2.05) is 27.1 Å². The van der Waals surface area contributed by atoms with E-state index in [2.05, 4.69) is 42.5 Å². The normalized spacial score (nSPS) is 10.8. The molecule has 6 aromatic heterocycles. The minimum atomic E-state index is -1.55. The molecule has 0 aliphatic heterocycles. The van der Waals surface area contributed by atoms with Crippen molar-refractivity contribution in [1.29, 1.82) is 0 Å². The summed E-state index contributed by atoms with van der Waals surface area (Å²) in [5.41, 5.74) is 16.1. The molecule has 0 aliphatic rings. The summed E-state index contributed by atoms with van der Waals surface area (Å²) in [7, 11) is -1.55. The van der Waals surface area contributed by atoms with Crippen LogP contribution < -0.4 is 16.9 Å². The first-order valence-electron chi connectivity index (χ1n) is 14.3. The van der Waals surface area contributed by atoms with Gasteiger partial charge in [-0.05, 0) is 82.7 Å². The molecule has 6 heterocycles. The molecule has 8 N–H and O–H groups in total. The molecule has 0 bridgehead atoms. The number of phenols is 2. The third-order valence-electron chi connectivity index (χ3n) is 7.08. The van der Waals surface area contributed by atoms with Crippen molar-refractivity contribution in [1.82, 2.24) is 28.7 Å². The molecule has 0 atom stereocenters. The van der Waals surface area contributed by atoms with Crippen LogP contribution in [-0.4, -0.2) is 56.1 Å². The van der Waals surface area contributed by atoms with E-state index < -0.39 is 7.12 Å². The summed E-state index contributed by atoms with van der Waals surface area (Å²) >= 11 is 13.7. The van der Waals surface area contributed by atoms with Crippen molar-refractivity contribution in [2.75, 3.05) is 11.5 Å². The Balaban J connectivity index is 0.000000139. The molecule has 0 radical (unpaired) electrons. The van der Waals surface area contributed by atoms with Crippen LogP contribution in [-0.2, 0) is 0 Å². The number of furan rings is 2. The van der Waals surface area contributed by atoms with E-state index in [1.165, 1.54) is 24.3 Å². The highest BCUT2D eigenvalue weighted by Gasteiger charge is 2.19. The van der Waals surface area contributed by atoms with Gasteiger partial charge in [0.05, 0.1) is 28.3 Å². The van der Waals surface area contributed by atoms with E-state index in [1.54, 1.807) is 55.4 Å². The van der Waals surface area contributed by atoms with Gasteiger partial charge < -0.3 is 40.6 Å². The molecular formula is C32H24BCl2IN8O6. The lowest BCUT2D eigenvalue weighted by Gasteiger charge is -2.12. The third-order valence-corrected chi connectivity index (χ3v) is 8.71. The number of aromatic nitrogens is 6. The van der Waals surface area contributed by atoms with Gasteiger partial charge in [-0.1, -0.05) is 29.3 Å². The maximum absolute atomic E-state index is 9.66. The first kappa shape index (κ1) is 34.6. The van der Waals surface area contributed by atoms with Crippen molar-refractivity contribution in [3.05, 3.63) is 112 Å². The molecule has 0 amide bonds. The number of aromatic hydroxyl groups is 2. The Labute approximate surface area is 306 Å². The number of nitrogens with two attached hydrogens (primary N) is 2. The van der Waals surface area contributed by atoms with Crippen molar-refractivity contribution in [2.45, 2.75) is 0 Å². The molecule has 50 heavy (non-hydrogen) atoms. The van der Waals surface area contributed by atoms with Crippen molar-refractivity contribution < 1.29 is 29.1 Å². The zero-order valence-corrected chi connectivity index (χ0v) is 29.1. The molecule has 8 aromatic rings. The van der Waals surface area contributed by atoms with E-state index in [0.717, 1.165) is 20.7 Å². The quantitative estimate of drug-likeness (QED) is 0.0958. The van der Waals surface area contributed by atoms with Gasteiger partial charge in [-0.15, -0.1) is 0 Å². The molecule has 2 aromatic carbocycles. The van der Waals surface area contributed by atoms with E-state index >= 15 is 0 Å². The number of halogens is 3. The van der Waals surface area contributed by atoms with Gasteiger partial charge in [0.15, 0.2) is 34.5 Å². The van der Waals surface area contributed by atoms with Gasteiger partial charge in [0.25, 0.3) is 0 Å². The average molecular weight is 825 g/mol. The third kappa shape index (κ3) is 7.05. The summed E-state index contributed by atoms with van der Waals surface area (Å²) < 4.78 is 15.4. The summed E-state index contributed by atoms with van der Waals surface area (Å²) in [4.78, 5) is 17.1. The first-order valence-corrected chi connectivity index (χ1v) is 16.2. The number of phenolic OH excluding ortho intramolecular Hbond substituents is 2. The Morgan fingerprint density at radius 2 is 1.26 bits per heavy atom. The maximum Gasteiger partial charge on any atom is 0.488 e. The van der Waals surface area contributed by atoms with Crippen molar-refractivity contribution >= 4 is 81.3 Å². The Morgan fingerprint density at radius 3 is 1.82 bits per heavy atom. The van der Waals surface area contributed by atoms with E-state index in [0.29, 0.717) is 40.1 Å². The van der Waals surface area contributed by atoms with Crippen LogP contribution in [0.5, 0.6) is 11.5 Å². The zero-order chi connectivity index (χ0) is 35.5. The van der Waals surface area contributed by atoms with E-state index in [9.17, 15) is 5.11 Å². The number of fused-ring (bicyclic) bond motifs is 2. The van der Waals surface area contributed by atoms with Crippen LogP contribution in [0.1, 0.15) is 0 Å². The fourth-order valence-electron chi connectivity index (χ4n) is 4.76. The highest BCUT2D eigenvalue weighted by atomic mass is 127. The lowest BCUT2D eigenvalue weighted by molar-refractivity contribution is 0.425. The van der Waals surface area contributed by atoms with E-state index in [-0.39, 0.29) is 27.0 Å². The van der Waals surface area contributed by atoms with Crippen LogP contribution in [0.25, 0.3) is 45.5 Å². The Morgan fingerprint density at radius 1 is 0.720 bits per heavy atom. The van der Waals surface area contributed by atoms with Crippen molar-refractivity contribution in [3.63, 3.8) is 0 Å². The largest absolute Gasteiger partial charge is 0.506 e. The molecule has 0 aliphatic carbocycles. The summed E-state index contributed by atoms with van der Waals surface area (Å²) in [6, 6.07) is 16.2. The maximum atomic E-state index is 9.66. The number of hydrogen-bond donors (Lipinski definition) is 6. The predicted molar refractivity (Wildman–Crippen MR) is 198 cm³/mol. The van der Waals surface area contributed by atoms with Gasteiger partial charge in [-0.25, -0.2) is 19.9 Å². The lowest BCUT2D eigenvalue weighted by atomic mass is 9.80. The standard InChI is InChI=1S/C16H11ClN4O2.C10H7IN4O.C6H6BClO3/c17-10-8-9(3-4-11(10)22)14-13(12-2-1-7-23-12)20-15(18)16-19-5-6-21(14)16;11-8-7(6-2-1-5-16-6)14-9(12)10-13-3-4-15(8)10;8-5-3-4(7(10)11)1-2-6(5)9/h1-8,22H,(H2,18,20);1-5H,(H2,12,14);1-3,9-11H. The molecule has 252 valence electrons. The van der Waals surface area contributed by atoms with Crippen LogP contribution in [0, 0.1) is 3.70 Å². The summed E-state index contributed by atoms with van der Waals surface area (Å²) in [5.74, 6) is 1.92. The van der Waals surface area contributed by atoms with Gasteiger partial charge >= 0.3 is 7.12 Å². The molecule has 0 saturated heterocycles. The van der Waals surface area contributed by atoms with Gasteiger partial charge in [-0.2, -0.15) is 0 Å². The molecule has 0 saturated carbocycles. The number of hydrogen-bond acceptors (Lipinski definition) is 12. The number of imidazole rings is 2. The zero-order valence-electron chi connectivity index (χ0n) is 25.4. The van der Waals surface area contributed by atoms with Crippen LogP contribution in [0.2, 0.25) is 10.0 Å². The second kappa shape index (κ2) is 14.7. The molecule has 18 heteroatoms. The topological polar surface area (TPSA) is 220 Å². The van der Waals surface area contributed by atoms with E-state index in [4.69, 9.17) is 58.7 Å². The van der Waals surface area contributed by atoms with Gasteiger partial charge in [0.1, 0.15) is 26.6 Å². The summed E-state index contributed by atoms with van der Waals surface area (Å²) in [6.07, 6.45) is 10.2. The smallest absolute Gasteiger partial charge is 0.488 e. The summed E-state index contributed by atoms with van der Waals surface area (Å²) in [5, 5.41) is 36.3. The second-order valence-electron chi connectivity index (χ2n) is 10.3. The Hall–Kier alpha value is -5.27. The number of rotatable bonds is 4. The number of nitrogen functional groups attached to an aromatic ring is 2. The van der Waals surface area contributed by atoms with Crippen LogP contribution in [0.4, 0.5) is 11.6 Å². The van der Waals surface area contributed by atoms with Crippen LogP contribution in [0.15, 0.2) is 107 Å². The predicted octanol–water partition coefficient (Wildman–Crippen LogP) is 5.50. The van der Waals surface area contributed by atoms with Crippen LogP contribution in [0.3, 0.4) is 0 Å². The van der Waals surface area contributed by atoms with Crippen molar-refractivity contribution in [3.8, 4) is 45.7 Å². The highest BCUT2D eigenvalue weighted by Crippen LogP contribution is 2.36. The summed E-state index contributed by atoms with van der Waals surface area (Å²) in [6.45, 7) is 0. The average Bonchev–Trinajstić information content (AvgIpc) is 3.93. The molecule has 0 spiro atoms. The SMILES string of the molecule is Nc1nc(-c2ccco2)c(-c2ccc(O)c(Cl)c2)n2ccnc12.Nc1nc(-c2ccco2)c(I)n2ccnc12.OB(O)c1ccc(O)c(Cl)c1. The lowest BCUT2D eigenvalue weighted by Crippen LogP contribution is -2.29. The minimum absolute atomic E-state index is 0.0141. The van der Waals surface area contributed by atoms with Crippen LogP contribution >= 0.6 is 45.8 Å². The molecule has 8 rings (SSSR count). The molecular weight excluding hydrogens is 801 g/mol. The van der Waals surface area contributed by atoms with Gasteiger partial charge in [0, 0.05) is 30.4 Å². The fraction of sp³-hybridized carbons (Fsp3) is 0. The molecule has 0 unspecified atom stereocenters. The number of nitrogens with zero attached hydrogens (tertiary/aromatic N) is 6. The monoisotopic (exact) mass is 824 g/mol. The second-order valence-corrected chi connectivity index (χ2v) is 12.1. The fourth-order valence-corrected chi connectivity index (χ4v) is 5.91. The molecule has 0 fully saturated rings. The minimum Gasteiger partial charge on any atom is -0.506 e. The number of benzene rings is 2. The first-order chi connectivity index (χ1) is 24.0. The van der Waals surface area contributed by atoms with Gasteiger partial charge in [0.2, 0.25) is 0 Å².